The van der Waals surface area contributed by atoms with Crippen molar-refractivity contribution in [3.63, 3.8) is 0 Å². The highest BCUT2D eigenvalue weighted by Gasteiger charge is 2.07. The van der Waals surface area contributed by atoms with Crippen molar-refractivity contribution >= 4 is 5.82 Å². The van der Waals surface area contributed by atoms with Gasteiger partial charge in [0, 0.05) is 32.4 Å². The minimum Gasteiger partial charge on any atom is -0.492 e. The molecule has 5 heteroatoms. The first kappa shape index (κ1) is 17.2. The summed E-state index contributed by atoms with van der Waals surface area (Å²) in [5, 5.41) is 18.2. The van der Waals surface area contributed by atoms with Crippen LogP contribution in [-0.4, -0.2) is 48.6 Å². The van der Waals surface area contributed by atoms with Crippen molar-refractivity contribution in [3.8, 4) is 5.75 Å². The zero-order chi connectivity index (χ0) is 16.5. The number of hydrogen-bond donors (Lipinski definition) is 2. The zero-order valence-electron chi connectivity index (χ0n) is 13.4. The Morgan fingerprint density at radius 2 is 1.83 bits per heavy atom. The molecular formula is C18H24N2O3. The van der Waals surface area contributed by atoms with Crippen LogP contribution in [0.25, 0.3) is 0 Å². The second-order valence-corrected chi connectivity index (χ2v) is 5.54. The van der Waals surface area contributed by atoms with Crippen LogP contribution in [0.4, 0.5) is 5.82 Å². The molecule has 1 aromatic heterocycles. The maximum absolute atomic E-state index is 9.11. The van der Waals surface area contributed by atoms with Crippen molar-refractivity contribution in [2.24, 2.45) is 5.92 Å². The summed E-state index contributed by atoms with van der Waals surface area (Å²) in [5.41, 5.74) is 1.08. The Morgan fingerprint density at radius 3 is 2.43 bits per heavy atom. The van der Waals surface area contributed by atoms with Gasteiger partial charge in [0.05, 0.1) is 6.54 Å². The highest BCUT2D eigenvalue weighted by molar-refractivity contribution is 5.36. The third-order valence-electron chi connectivity index (χ3n) is 3.70. The number of rotatable bonds is 9. The summed E-state index contributed by atoms with van der Waals surface area (Å²) >= 11 is 0. The van der Waals surface area contributed by atoms with E-state index in [1.807, 2.05) is 54.4 Å². The van der Waals surface area contributed by atoms with Gasteiger partial charge >= 0.3 is 0 Å². The summed E-state index contributed by atoms with van der Waals surface area (Å²) in [6, 6.07) is 13.6. The average molecular weight is 316 g/mol. The van der Waals surface area contributed by atoms with Gasteiger partial charge in [-0.2, -0.15) is 0 Å². The van der Waals surface area contributed by atoms with Gasteiger partial charge in [0.25, 0.3) is 0 Å². The van der Waals surface area contributed by atoms with Gasteiger partial charge in [0.2, 0.25) is 0 Å². The van der Waals surface area contributed by atoms with E-state index < -0.39 is 0 Å². The van der Waals surface area contributed by atoms with Crippen LogP contribution in [0, 0.1) is 5.92 Å². The van der Waals surface area contributed by atoms with E-state index in [1.54, 1.807) is 6.20 Å². The van der Waals surface area contributed by atoms with Gasteiger partial charge in [0.15, 0.2) is 0 Å². The summed E-state index contributed by atoms with van der Waals surface area (Å²) in [5.74, 6) is 1.63. The highest BCUT2D eigenvalue weighted by atomic mass is 16.5. The fourth-order valence-electron chi connectivity index (χ4n) is 2.24. The predicted octanol–water partition coefficient (Wildman–Crippen LogP) is 1.74. The highest BCUT2D eigenvalue weighted by Crippen LogP contribution is 2.15. The summed E-state index contributed by atoms with van der Waals surface area (Å²) in [6.45, 7) is 1.31. The summed E-state index contributed by atoms with van der Waals surface area (Å²) < 4.78 is 5.74. The molecule has 0 aliphatic heterocycles. The molecule has 1 aromatic carbocycles. The number of likely N-dealkylation sites (N-methyl/N-ethyl adjacent to an activating group) is 1. The Kier molecular flexibility index (Phi) is 6.84. The van der Waals surface area contributed by atoms with Gasteiger partial charge in [-0.05, 0) is 36.2 Å². The first-order valence-electron chi connectivity index (χ1n) is 7.78. The maximum Gasteiger partial charge on any atom is 0.128 e. The summed E-state index contributed by atoms with van der Waals surface area (Å²) in [7, 11) is 1.98. The van der Waals surface area contributed by atoms with Crippen LogP contribution in [0.15, 0.2) is 48.7 Å². The fraction of sp³-hybridized carbons (Fsp3) is 0.389. The van der Waals surface area contributed by atoms with Gasteiger partial charge < -0.3 is 19.8 Å². The van der Waals surface area contributed by atoms with Crippen LogP contribution in [0.2, 0.25) is 0 Å². The molecule has 0 amide bonds. The Bertz CT molecular complexity index is 556. The average Bonchev–Trinajstić information content (AvgIpc) is 2.61. The summed E-state index contributed by atoms with van der Waals surface area (Å²) in [6.07, 6.45) is 2.44. The number of anilines is 1. The number of pyridine rings is 1. The molecule has 1 heterocycles. The lowest BCUT2D eigenvalue weighted by atomic mass is 10.0. The Labute approximate surface area is 137 Å². The smallest absolute Gasteiger partial charge is 0.128 e. The van der Waals surface area contributed by atoms with Crippen LogP contribution in [0.1, 0.15) is 5.56 Å². The molecule has 0 unspecified atom stereocenters. The molecular weight excluding hydrogens is 292 g/mol. The molecule has 2 aromatic rings. The van der Waals surface area contributed by atoms with E-state index in [2.05, 4.69) is 4.98 Å². The van der Waals surface area contributed by atoms with Gasteiger partial charge in [-0.3, -0.25) is 0 Å². The number of hydrogen-bond acceptors (Lipinski definition) is 5. The van der Waals surface area contributed by atoms with Crippen molar-refractivity contribution in [2.45, 2.75) is 6.42 Å². The number of benzene rings is 1. The normalized spacial score (nSPS) is 10.8. The first-order chi connectivity index (χ1) is 11.2. The first-order valence-corrected chi connectivity index (χ1v) is 7.78. The number of aliphatic hydroxyl groups excluding tert-OH is 2. The van der Waals surface area contributed by atoms with Gasteiger partial charge in [0.1, 0.15) is 18.2 Å². The number of aromatic nitrogens is 1. The van der Waals surface area contributed by atoms with Gasteiger partial charge in [-0.1, -0.05) is 18.2 Å². The van der Waals surface area contributed by atoms with Crippen LogP contribution >= 0.6 is 0 Å². The summed E-state index contributed by atoms with van der Waals surface area (Å²) in [4.78, 5) is 6.33. The Hall–Kier alpha value is -2.11. The van der Waals surface area contributed by atoms with E-state index in [9.17, 15) is 0 Å². The van der Waals surface area contributed by atoms with Crippen LogP contribution in [0.5, 0.6) is 5.75 Å². The van der Waals surface area contributed by atoms with Crippen molar-refractivity contribution in [1.29, 1.82) is 0 Å². The number of ether oxygens (including phenoxy) is 1. The standard InChI is InChI=1S/C18H24N2O3/c1-20(18-4-2-3-9-19-18)10-11-23-17-7-5-15(6-8-17)12-16(13-21)14-22/h2-9,16,21-22H,10-14H2,1H3. The second-order valence-electron chi connectivity index (χ2n) is 5.54. The van der Waals surface area contributed by atoms with E-state index in [1.165, 1.54) is 0 Å². The van der Waals surface area contributed by atoms with E-state index in [0.717, 1.165) is 23.7 Å². The SMILES string of the molecule is CN(CCOc1ccc(CC(CO)CO)cc1)c1ccccn1. The van der Waals surface area contributed by atoms with Crippen molar-refractivity contribution < 1.29 is 14.9 Å². The molecule has 0 aliphatic rings. The van der Waals surface area contributed by atoms with E-state index in [4.69, 9.17) is 14.9 Å². The number of aliphatic hydroxyl groups is 2. The van der Waals surface area contributed by atoms with E-state index >= 15 is 0 Å². The molecule has 0 radical (unpaired) electrons. The minimum absolute atomic E-state index is 0.00535. The lowest BCUT2D eigenvalue weighted by Crippen LogP contribution is -2.24. The topological polar surface area (TPSA) is 65.8 Å². The molecule has 0 atom stereocenters. The molecule has 124 valence electrons. The molecule has 5 nitrogen and oxygen atoms in total. The monoisotopic (exact) mass is 316 g/mol. The molecule has 2 N–H and O–H groups in total. The van der Waals surface area contributed by atoms with Gasteiger partial charge in [-0.15, -0.1) is 0 Å². The van der Waals surface area contributed by atoms with Crippen molar-refractivity contribution in [1.82, 2.24) is 4.98 Å². The minimum atomic E-state index is -0.103. The molecule has 0 saturated carbocycles. The van der Waals surface area contributed by atoms with E-state index in [-0.39, 0.29) is 19.1 Å². The van der Waals surface area contributed by atoms with Crippen LogP contribution in [-0.2, 0) is 6.42 Å². The predicted molar refractivity (Wildman–Crippen MR) is 90.8 cm³/mol. The third kappa shape index (κ3) is 5.54. The quantitative estimate of drug-likeness (QED) is 0.738. The molecule has 0 aliphatic carbocycles. The Balaban J connectivity index is 1.78. The lowest BCUT2D eigenvalue weighted by Gasteiger charge is -2.18. The molecule has 0 saturated heterocycles. The maximum atomic E-state index is 9.11. The molecule has 23 heavy (non-hydrogen) atoms. The van der Waals surface area contributed by atoms with Crippen LogP contribution < -0.4 is 9.64 Å². The molecule has 0 spiro atoms. The van der Waals surface area contributed by atoms with Crippen molar-refractivity contribution in [3.05, 3.63) is 54.2 Å². The molecule has 0 bridgehead atoms. The van der Waals surface area contributed by atoms with Gasteiger partial charge in [-0.25, -0.2) is 4.98 Å². The van der Waals surface area contributed by atoms with Crippen LogP contribution in [0.3, 0.4) is 0 Å². The molecule has 2 rings (SSSR count). The second kappa shape index (κ2) is 9.12. The van der Waals surface area contributed by atoms with E-state index in [0.29, 0.717) is 13.0 Å². The zero-order valence-corrected chi connectivity index (χ0v) is 13.4. The Morgan fingerprint density at radius 1 is 1.09 bits per heavy atom. The molecule has 0 fully saturated rings. The largest absolute Gasteiger partial charge is 0.492 e. The fourth-order valence-corrected chi connectivity index (χ4v) is 2.24. The third-order valence-corrected chi connectivity index (χ3v) is 3.70. The van der Waals surface area contributed by atoms with Crippen molar-refractivity contribution in [2.75, 3.05) is 38.3 Å². The lowest BCUT2D eigenvalue weighted by molar-refractivity contribution is 0.150. The number of nitrogens with zero attached hydrogens (tertiary/aromatic N) is 2.